The minimum absolute atomic E-state index is 0.0612. The van der Waals surface area contributed by atoms with E-state index in [1.807, 2.05) is 33.8 Å². The van der Waals surface area contributed by atoms with E-state index >= 15 is 0 Å². The third-order valence-corrected chi connectivity index (χ3v) is 5.04. The van der Waals surface area contributed by atoms with Crippen molar-refractivity contribution in [1.82, 2.24) is 4.72 Å². The number of methoxy groups -OCH3 is 1. The fourth-order valence-electron chi connectivity index (χ4n) is 1.75. The first-order valence-corrected chi connectivity index (χ1v) is 8.14. The van der Waals surface area contributed by atoms with Crippen molar-refractivity contribution in [3.8, 4) is 0 Å². The van der Waals surface area contributed by atoms with Crippen LogP contribution in [0, 0.1) is 0 Å². The topological polar surface area (TPSA) is 55.4 Å². The van der Waals surface area contributed by atoms with E-state index in [0.29, 0.717) is 5.02 Å². The zero-order valence-electron chi connectivity index (χ0n) is 13.0. The molecule has 0 radical (unpaired) electrons. The highest BCUT2D eigenvalue weighted by Crippen LogP contribution is 2.29. The Balaban J connectivity index is 3.17. The van der Waals surface area contributed by atoms with E-state index in [4.69, 9.17) is 16.3 Å². The fraction of sp³-hybridized carbons (Fsp3) is 0.533. The Morgan fingerprint density at radius 2 is 1.95 bits per heavy atom. The van der Waals surface area contributed by atoms with Crippen molar-refractivity contribution in [2.75, 3.05) is 7.11 Å². The molecule has 1 aromatic rings. The molecule has 1 aromatic carbocycles. The summed E-state index contributed by atoms with van der Waals surface area (Å²) in [6, 6.07) is 7.16. The van der Waals surface area contributed by atoms with Crippen LogP contribution in [0.15, 0.2) is 24.3 Å². The van der Waals surface area contributed by atoms with E-state index in [1.54, 1.807) is 18.2 Å². The highest BCUT2D eigenvalue weighted by molar-refractivity contribution is 7.84. The summed E-state index contributed by atoms with van der Waals surface area (Å²) in [5.74, 6) is -0.379. The summed E-state index contributed by atoms with van der Waals surface area (Å²) >= 11 is 6.03. The molecule has 118 valence electrons. The van der Waals surface area contributed by atoms with Crippen LogP contribution in [0.1, 0.15) is 39.7 Å². The molecule has 0 aliphatic rings. The van der Waals surface area contributed by atoms with Crippen molar-refractivity contribution < 1.29 is 13.7 Å². The zero-order chi connectivity index (χ0) is 16.3. The fourth-order valence-corrected chi connectivity index (χ4v) is 2.84. The van der Waals surface area contributed by atoms with Gasteiger partial charge in [0.25, 0.3) is 0 Å². The molecule has 0 amide bonds. The predicted octanol–water partition coefficient (Wildman–Crippen LogP) is 3.17. The SMILES string of the molecule is COC(=O)CC(C)(NS(=O)C(C)(C)C)c1cccc(Cl)c1. The molecule has 0 aromatic heterocycles. The predicted molar refractivity (Wildman–Crippen MR) is 86.5 cm³/mol. The molecular weight excluding hydrogens is 310 g/mol. The molecule has 4 nitrogen and oxygen atoms in total. The number of hydrogen-bond donors (Lipinski definition) is 1. The third kappa shape index (κ3) is 5.09. The molecule has 21 heavy (non-hydrogen) atoms. The van der Waals surface area contributed by atoms with Gasteiger partial charge in [-0.25, -0.2) is 8.93 Å². The van der Waals surface area contributed by atoms with Crippen LogP contribution in [-0.4, -0.2) is 22.0 Å². The summed E-state index contributed by atoms with van der Waals surface area (Å²) in [7, 11) is 0.00164. The number of carbonyl (C=O) groups excluding carboxylic acids is 1. The molecule has 1 rings (SSSR count). The van der Waals surface area contributed by atoms with Crippen LogP contribution in [0.3, 0.4) is 0 Å². The highest BCUT2D eigenvalue weighted by atomic mass is 35.5. The summed E-state index contributed by atoms with van der Waals surface area (Å²) in [6.07, 6.45) is 0.0612. The van der Waals surface area contributed by atoms with Gasteiger partial charge in [0.2, 0.25) is 0 Å². The van der Waals surface area contributed by atoms with E-state index in [1.165, 1.54) is 7.11 Å². The number of hydrogen-bond acceptors (Lipinski definition) is 3. The second-order valence-corrected chi connectivity index (χ2v) is 8.48. The first-order valence-electron chi connectivity index (χ1n) is 6.61. The molecule has 0 aliphatic carbocycles. The molecule has 6 heteroatoms. The monoisotopic (exact) mass is 331 g/mol. The van der Waals surface area contributed by atoms with Gasteiger partial charge >= 0.3 is 5.97 Å². The van der Waals surface area contributed by atoms with Gasteiger partial charge in [-0.15, -0.1) is 0 Å². The van der Waals surface area contributed by atoms with Crippen molar-refractivity contribution in [3.05, 3.63) is 34.9 Å². The number of benzene rings is 1. The smallest absolute Gasteiger partial charge is 0.307 e. The first-order chi connectivity index (χ1) is 9.58. The molecule has 2 atom stereocenters. The van der Waals surface area contributed by atoms with Gasteiger partial charge < -0.3 is 4.74 Å². The Morgan fingerprint density at radius 1 is 1.33 bits per heavy atom. The van der Waals surface area contributed by atoms with E-state index in [0.717, 1.165) is 5.56 Å². The van der Waals surface area contributed by atoms with E-state index in [9.17, 15) is 9.00 Å². The highest BCUT2D eigenvalue weighted by Gasteiger charge is 2.35. The van der Waals surface area contributed by atoms with Crippen LogP contribution in [0.4, 0.5) is 0 Å². The number of halogens is 1. The molecule has 0 aliphatic heterocycles. The lowest BCUT2D eigenvalue weighted by Crippen LogP contribution is -2.47. The Hall–Kier alpha value is -0.910. The second-order valence-electron chi connectivity index (χ2n) is 6.08. The average Bonchev–Trinajstić information content (AvgIpc) is 2.37. The Bertz CT molecular complexity index is 542. The maximum atomic E-state index is 12.4. The minimum atomic E-state index is -1.33. The molecule has 0 bridgehead atoms. The van der Waals surface area contributed by atoms with Gasteiger partial charge in [-0.2, -0.15) is 0 Å². The Labute approximate surface area is 133 Å². The quantitative estimate of drug-likeness (QED) is 0.843. The van der Waals surface area contributed by atoms with Crippen LogP contribution >= 0.6 is 11.6 Å². The molecule has 0 saturated heterocycles. The number of esters is 1. The van der Waals surface area contributed by atoms with Gasteiger partial charge in [-0.3, -0.25) is 4.79 Å². The Morgan fingerprint density at radius 3 is 2.43 bits per heavy atom. The van der Waals surface area contributed by atoms with Crippen LogP contribution in [0.5, 0.6) is 0 Å². The van der Waals surface area contributed by atoms with Gasteiger partial charge in [0, 0.05) is 5.02 Å². The molecule has 0 spiro atoms. The molecule has 0 saturated carbocycles. The van der Waals surface area contributed by atoms with Crippen molar-refractivity contribution in [1.29, 1.82) is 0 Å². The molecular formula is C15H22ClNO3S. The number of ether oxygens (including phenoxy) is 1. The zero-order valence-corrected chi connectivity index (χ0v) is 14.6. The normalized spacial score (nSPS) is 16.1. The number of rotatable bonds is 5. The van der Waals surface area contributed by atoms with E-state index < -0.39 is 21.3 Å². The Kier molecular flexibility index (Phi) is 5.96. The number of carbonyl (C=O) groups is 1. The van der Waals surface area contributed by atoms with Crippen molar-refractivity contribution in [2.45, 2.75) is 44.4 Å². The molecule has 0 heterocycles. The standard InChI is InChI=1S/C15H22ClNO3S/c1-14(2,3)21(19)17-15(4,10-13(18)20-5)11-7-6-8-12(16)9-11/h6-9,17H,10H2,1-5H3. The largest absolute Gasteiger partial charge is 0.469 e. The third-order valence-electron chi connectivity index (χ3n) is 3.06. The van der Waals surface area contributed by atoms with Gasteiger partial charge in [0.1, 0.15) is 0 Å². The van der Waals surface area contributed by atoms with Crippen LogP contribution in [-0.2, 0) is 26.1 Å². The lowest BCUT2D eigenvalue weighted by molar-refractivity contribution is -0.142. The van der Waals surface area contributed by atoms with Gasteiger partial charge in [0.15, 0.2) is 0 Å². The molecule has 0 fully saturated rings. The summed E-state index contributed by atoms with van der Waals surface area (Å²) in [5.41, 5.74) is -0.0335. The summed E-state index contributed by atoms with van der Waals surface area (Å²) < 4.78 is 19.8. The lowest BCUT2D eigenvalue weighted by atomic mass is 9.90. The van der Waals surface area contributed by atoms with E-state index in [-0.39, 0.29) is 12.4 Å². The summed E-state index contributed by atoms with van der Waals surface area (Å²) in [5, 5.41) is 0.562. The first kappa shape index (κ1) is 18.1. The van der Waals surface area contributed by atoms with E-state index in [2.05, 4.69) is 4.72 Å². The van der Waals surface area contributed by atoms with Crippen LogP contribution < -0.4 is 4.72 Å². The average molecular weight is 332 g/mol. The maximum absolute atomic E-state index is 12.4. The minimum Gasteiger partial charge on any atom is -0.469 e. The maximum Gasteiger partial charge on any atom is 0.307 e. The van der Waals surface area contributed by atoms with Gasteiger partial charge in [-0.1, -0.05) is 23.7 Å². The van der Waals surface area contributed by atoms with Crippen LogP contribution in [0.2, 0.25) is 5.02 Å². The molecule has 1 N–H and O–H groups in total. The lowest BCUT2D eigenvalue weighted by Gasteiger charge is -2.33. The number of nitrogens with one attached hydrogen (secondary N) is 1. The molecule has 2 unspecified atom stereocenters. The van der Waals surface area contributed by atoms with Crippen LogP contribution in [0.25, 0.3) is 0 Å². The summed E-state index contributed by atoms with van der Waals surface area (Å²) in [4.78, 5) is 11.7. The van der Waals surface area contributed by atoms with Gasteiger partial charge in [0.05, 0.1) is 34.8 Å². The summed E-state index contributed by atoms with van der Waals surface area (Å²) in [6.45, 7) is 7.42. The van der Waals surface area contributed by atoms with Crippen molar-refractivity contribution in [2.24, 2.45) is 0 Å². The van der Waals surface area contributed by atoms with Gasteiger partial charge in [-0.05, 0) is 45.4 Å². The van der Waals surface area contributed by atoms with Crippen molar-refractivity contribution in [3.63, 3.8) is 0 Å². The second kappa shape index (κ2) is 6.90. The van der Waals surface area contributed by atoms with Crippen molar-refractivity contribution >= 4 is 28.6 Å².